The van der Waals surface area contributed by atoms with Gasteiger partial charge in [0.1, 0.15) is 16.0 Å². The molecule has 0 aliphatic rings. The molecule has 0 saturated carbocycles. The third-order valence-electron chi connectivity index (χ3n) is 3.27. The van der Waals surface area contributed by atoms with Gasteiger partial charge in [0, 0.05) is 11.3 Å². The molecule has 0 bridgehead atoms. The van der Waals surface area contributed by atoms with Crippen molar-refractivity contribution in [3.8, 4) is 0 Å². The molecule has 0 amide bonds. The van der Waals surface area contributed by atoms with E-state index in [2.05, 4.69) is 23.1 Å². The molecule has 0 aliphatic heterocycles. The van der Waals surface area contributed by atoms with Crippen LogP contribution in [0.4, 0.5) is 0 Å². The number of aromatic nitrogens is 2. The molecule has 2 aromatic rings. The molecule has 0 N–H and O–H groups in total. The normalized spacial score (nSPS) is 12.1. The molecule has 0 saturated heterocycles. The minimum Gasteiger partial charge on any atom is -0.462 e. The molecule has 2 aromatic heterocycles. The molecular weight excluding hydrogens is 284 g/mol. The zero-order valence-electron chi connectivity index (χ0n) is 12.3. The Kier molecular flexibility index (Phi) is 4.85. The second-order valence-corrected chi connectivity index (χ2v) is 5.58. The second-order valence-electron chi connectivity index (χ2n) is 4.58. The van der Waals surface area contributed by atoms with Crippen molar-refractivity contribution in [2.75, 3.05) is 6.61 Å². The van der Waals surface area contributed by atoms with E-state index in [4.69, 9.17) is 4.74 Å². The van der Waals surface area contributed by atoms with Crippen LogP contribution in [0.15, 0.2) is 31.6 Å². The van der Waals surface area contributed by atoms with Gasteiger partial charge in [0.2, 0.25) is 0 Å². The lowest BCUT2D eigenvalue weighted by Crippen LogP contribution is -2.04. The van der Waals surface area contributed by atoms with Crippen molar-refractivity contribution in [1.82, 2.24) is 9.97 Å². The number of thiophene rings is 1. The Morgan fingerprint density at radius 2 is 2.24 bits per heavy atom. The molecule has 2 rings (SSSR count). The third kappa shape index (κ3) is 2.88. The fraction of sp³-hybridized carbons (Fsp3) is 0.312. The molecule has 4 nitrogen and oxygen atoms in total. The molecule has 0 spiro atoms. The van der Waals surface area contributed by atoms with Crippen molar-refractivity contribution in [1.29, 1.82) is 0 Å². The fourth-order valence-electron chi connectivity index (χ4n) is 2.27. The highest BCUT2D eigenvalue weighted by Gasteiger charge is 2.22. The van der Waals surface area contributed by atoms with E-state index in [9.17, 15) is 4.79 Å². The minimum absolute atomic E-state index is 0.0661. The molecule has 0 aromatic carbocycles. The van der Waals surface area contributed by atoms with E-state index in [0.717, 1.165) is 27.9 Å². The van der Waals surface area contributed by atoms with Crippen LogP contribution in [0.3, 0.4) is 0 Å². The average Bonchev–Trinajstić information content (AvgIpc) is 2.82. The smallest absolute Gasteiger partial charge is 0.348 e. The maximum atomic E-state index is 12.0. The van der Waals surface area contributed by atoms with Gasteiger partial charge in [-0.15, -0.1) is 24.5 Å². The predicted molar refractivity (Wildman–Crippen MR) is 85.9 cm³/mol. The number of fused-ring (bicyclic) bond motifs is 1. The van der Waals surface area contributed by atoms with E-state index < -0.39 is 0 Å². The molecule has 0 fully saturated rings. The first-order valence-electron chi connectivity index (χ1n) is 6.78. The van der Waals surface area contributed by atoms with Crippen molar-refractivity contribution < 1.29 is 9.53 Å². The number of allylic oxidation sites excluding steroid dienone is 2. The van der Waals surface area contributed by atoms with Crippen LogP contribution in [0.2, 0.25) is 0 Å². The second kappa shape index (κ2) is 6.63. The van der Waals surface area contributed by atoms with Crippen molar-refractivity contribution in [3.63, 3.8) is 0 Å². The van der Waals surface area contributed by atoms with Crippen LogP contribution < -0.4 is 0 Å². The summed E-state index contributed by atoms with van der Waals surface area (Å²) in [7, 11) is 0. The Morgan fingerprint density at radius 3 is 2.86 bits per heavy atom. The minimum atomic E-state index is -0.303. The van der Waals surface area contributed by atoms with Gasteiger partial charge < -0.3 is 4.74 Å². The first-order chi connectivity index (χ1) is 10.1. The number of carbonyl (C=O) groups is 1. The highest BCUT2D eigenvalue weighted by Crippen LogP contribution is 2.35. The van der Waals surface area contributed by atoms with Gasteiger partial charge in [-0.05, 0) is 25.8 Å². The van der Waals surface area contributed by atoms with E-state index in [1.165, 1.54) is 17.7 Å². The Bertz CT molecular complexity index is 691. The fourth-order valence-corrected chi connectivity index (χ4v) is 3.32. The first-order valence-corrected chi connectivity index (χ1v) is 7.60. The zero-order chi connectivity index (χ0) is 15.4. The van der Waals surface area contributed by atoms with E-state index in [1.807, 2.05) is 19.1 Å². The summed E-state index contributed by atoms with van der Waals surface area (Å²) >= 11 is 1.35. The van der Waals surface area contributed by atoms with Gasteiger partial charge in [0.15, 0.2) is 0 Å². The van der Waals surface area contributed by atoms with Gasteiger partial charge in [0.05, 0.1) is 12.3 Å². The van der Waals surface area contributed by atoms with Crippen LogP contribution in [0, 0.1) is 6.92 Å². The van der Waals surface area contributed by atoms with Crippen LogP contribution in [0.25, 0.3) is 10.2 Å². The van der Waals surface area contributed by atoms with Gasteiger partial charge in [-0.3, -0.25) is 0 Å². The lowest BCUT2D eigenvalue weighted by atomic mass is 9.97. The molecule has 0 radical (unpaired) electrons. The van der Waals surface area contributed by atoms with Gasteiger partial charge in [0.25, 0.3) is 0 Å². The number of nitrogens with zero attached hydrogens (tertiary/aromatic N) is 2. The molecule has 1 unspecified atom stereocenters. The number of esters is 1. The van der Waals surface area contributed by atoms with E-state index >= 15 is 0 Å². The summed E-state index contributed by atoms with van der Waals surface area (Å²) < 4.78 is 5.10. The van der Waals surface area contributed by atoms with Crippen LogP contribution in [0.1, 0.15) is 40.2 Å². The van der Waals surface area contributed by atoms with E-state index in [0.29, 0.717) is 11.5 Å². The maximum Gasteiger partial charge on any atom is 0.348 e. The SMILES string of the molecule is C=CCC(C=C)c1ncnc2sc(C(=O)OCC)c(C)c12. The van der Waals surface area contributed by atoms with E-state index in [1.54, 1.807) is 6.92 Å². The largest absolute Gasteiger partial charge is 0.462 e. The lowest BCUT2D eigenvalue weighted by Gasteiger charge is -2.11. The average molecular weight is 302 g/mol. The Hall–Kier alpha value is -2.01. The highest BCUT2D eigenvalue weighted by molar-refractivity contribution is 7.20. The Labute approximate surface area is 128 Å². The summed E-state index contributed by atoms with van der Waals surface area (Å²) in [6.07, 6.45) is 5.97. The van der Waals surface area contributed by atoms with Crippen molar-refractivity contribution in [2.24, 2.45) is 0 Å². The Morgan fingerprint density at radius 1 is 1.48 bits per heavy atom. The number of hydrogen-bond acceptors (Lipinski definition) is 5. The van der Waals surface area contributed by atoms with Crippen LogP contribution in [-0.4, -0.2) is 22.5 Å². The van der Waals surface area contributed by atoms with Crippen molar-refractivity contribution in [3.05, 3.63) is 47.8 Å². The number of ether oxygens (including phenoxy) is 1. The van der Waals surface area contributed by atoms with Crippen molar-refractivity contribution in [2.45, 2.75) is 26.2 Å². The lowest BCUT2D eigenvalue weighted by molar-refractivity contribution is 0.0531. The number of aryl methyl sites for hydroxylation is 1. The standard InChI is InChI=1S/C16H18N2O2S/c1-5-8-11(6-2)13-12-10(4)14(16(19)20-7-3)21-15(12)18-9-17-13/h5-6,9,11H,1-2,7-8H2,3-4H3. The molecular formula is C16H18N2O2S. The quantitative estimate of drug-likeness (QED) is 0.597. The molecule has 1 atom stereocenters. The zero-order valence-corrected chi connectivity index (χ0v) is 13.1. The molecule has 110 valence electrons. The first kappa shape index (κ1) is 15.4. The summed E-state index contributed by atoms with van der Waals surface area (Å²) in [6, 6.07) is 0. The topological polar surface area (TPSA) is 52.1 Å². The summed E-state index contributed by atoms with van der Waals surface area (Å²) in [4.78, 5) is 22.1. The van der Waals surface area contributed by atoms with Gasteiger partial charge in [-0.25, -0.2) is 14.8 Å². The van der Waals surface area contributed by atoms with Crippen molar-refractivity contribution >= 4 is 27.5 Å². The maximum absolute atomic E-state index is 12.0. The van der Waals surface area contributed by atoms with Crippen LogP contribution in [-0.2, 0) is 4.74 Å². The summed E-state index contributed by atoms with van der Waals surface area (Å²) in [5.41, 5.74) is 1.76. The summed E-state index contributed by atoms with van der Waals surface area (Å²) in [5, 5.41) is 0.928. The molecule has 21 heavy (non-hydrogen) atoms. The monoisotopic (exact) mass is 302 g/mol. The van der Waals surface area contributed by atoms with Gasteiger partial charge in [-0.2, -0.15) is 0 Å². The summed E-state index contributed by atoms with van der Waals surface area (Å²) in [5.74, 6) is -0.237. The molecule has 2 heterocycles. The predicted octanol–water partition coefficient (Wildman–Crippen LogP) is 4.02. The molecule has 5 heteroatoms. The van der Waals surface area contributed by atoms with Gasteiger partial charge >= 0.3 is 5.97 Å². The summed E-state index contributed by atoms with van der Waals surface area (Å²) in [6.45, 7) is 11.7. The van der Waals surface area contributed by atoms with Gasteiger partial charge in [-0.1, -0.05) is 12.2 Å². The van der Waals surface area contributed by atoms with Crippen LogP contribution in [0.5, 0.6) is 0 Å². The van der Waals surface area contributed by atoms with Crippen LogP contribution >= 0.6 is 11.3 Å². The third-order valence-corrected chi connectivity index (χ3v) is 4.45. The number of carbonyl (C=O) groups excluding carboxylic acids is 1. The number of hydrogen-bond donors (Lipinski definition) is 0. The Balaban J connectivity index is 2.61. The number of rotatable bonds is 6. The van der Waals surface area contributed by atoms with E-state index in [-0.39, 0.29) is 11.9 Å². The molecule has 0 aliphatic carbocycles. The highest BCUT2D eigenvalue weighted by atomic mass is 32.1.